The number of halogens is 1. The Morgan fingerprint density at radius 3 is 3.00 bits per heavy atom. The van der Waals surface area contributed by atoms with Crippen molar-refractivity contribution in [1.29, 1.82) is 0 Å². The van der Waals surface area contributed by atoms with Crippen LogP contribution in [0.1, 0.15) is 5.56 Å². The Morgan fingerprint density at radius 1 is 1.56 bits per heavy atom. The van der Waals surface area contributed by atoms with Gasteiger partial charge in [-0.15, -0.1) is 18.2 Å². The largest absolute Gasteiger partial charge is 0.503 e. The molecular formula is C13H16BrNO2S. The number of hydrogen-bond donors (Lipinski definition) is 2. The number of thioether (sulfide) groups is 1. The molecule has 0 aliphatic rings. The number of rotatable bonds is 7. The molecule has 98 valence electrons. The van der Waals surface area contributed by atoms with Crippen LogP contribution in [-0.2, 0) is 6.54 Å². The molecule has 3 nitrogen and oxygen atoms in total. The van der Waals surface area contributed by atoms with Crippen molar-refractivity contribution < 1.29 is 9.84 Å². The Labute approximate surface area is 120 Å². The number of terminal acetylenes is 1. The Balaban J connectivity index is 2.43. The Morgan fingerprint density at radius 2 is 2.33 bits per heavy atom. The third-order valence-corrected chi connectivity index (χ3v) is 3.71. The summed E-state index contributed by atoms with van der Waals surface area (Å²) in [6.07, 6.45) is 5.16. The van der Waals surface area contributed by atoms with E-state index < -0.39 is 0 Å². The lowest BCUT2D eigenvalue weighted by Crippen LogP contribution is -2.16. The molecule has 5 heteroatoms. The third-order valence-electron chi connectivity index (χ3n) is 2.25. The van der Waals surface area contributed by atoms with Gasteiger partial charge in [-0.25, -0.2) is 0 Å². The van der Waals surface area contributed by atoms with E-state index in [1.807, 2.05) is 12.1 Å². The number of ether oxygens (including phenoxy) is 1. The molecule has 0 aromatic heterocycles. The maximum atomic E-state index is 9.68. The van der Waals surface area contributed by atoms with Gasteiger partial charge in [0.2, 0.25) is 0 Å². The van der Waals surface area contributed by atoms with Crippen LogP contribution < -0.4 is 10.1 Å². The molecule has 0 unspecified atom stereocenters. The molecular weight excluding hydrogens is 314 g/mol. The standard InChI is InChI=1S/C13H16BrNO2S/c1-3-5-18-6-4-15-9-10-7-11(14)13(16)12(8-10)17-2/h1,7-8,15-16H,4-6,9H2,2H3. The van der Waals surface area contributed by atoms with Crippen molar-refractivity contribution in [2.24, 2.45) is 0 Å². The molecule has 2 N–H and O–H groups in total. The van der Waals surface area contributed by atoms with Crippen molar-refractivity contribution in [3.63, 3.8) is 0 Å². The van der Waals surface area contributed by atoms with Crippen LogP contribution in [0.4, 0.5) is 0 Å². The highest BCUT2D eigenvalue weighted by atomic mass is 79.9. The highest BCUT2D eigenvalue weighted by Gasteiger charge is 2.08. The molecule has 0 fully saturated rings. The minimum atomic E-state index is 0.130. The van der Waals surface area contributed by atoms with Crippen LogP contribution in [0.2, 0.25) is 0 Å². The van der Waals surface area contributed by atoms with E-state index in [1.54, 1.807) is 11.8 Å². The molecule has 0 atom stereocenters. The summed E-state index contributed by atoms with van der Waals surface area (Å²) in [5, 5.41) is 13.0. The Kier molecular flexibility index (Phi) is 7.02. The lowest BCUT2D eigenvalue weighted by Gasteiger charge is -2.09. The second-order valence-corrected chi connectivity index (χ2v) is 5.52. The lowest BCUT2D eigenvalue weighted by molar-refractivity contribution is 0.371. The summed E-state index contributed by atoms with van der Waals surface area (Å²) in [5.41, 5.74) is 1.05. The maximum absolute atomic E-state index is 9.68. The molecule has 0 amide bonds. The van der Waals surface area contributed by atoms with E-state index in [0.717, 1.165) is 30.2 Å². The van der Waals surface area contributed by atoms with E-state index in [4.69, 9.17) is 11.2 Å². The van der Waals surface area contributed by atoms with Crippen molar-refractivity contribution in [3.05, 3.63) is 22.2 Å². The van der Waals surface area contributed by atoms with Crippen LogP contribution >= 0.6 is 27.7 Å². The minimum Gasteiger partial charge on any atom is -0.503 e. The van der Waals surface area contributed by atoms with Gasteiger partial charge in [0.25, 0.3) is 0 Å². The van der Waals surface area contributed by atoms with E-state index in [1.165, 1.54) is 7.11 Å². The van der Waals surface area contributed by atoms with Crippen molar-refractivity contribution in [3.8, 4) is 23.8 Å². The van der Waals surface area contributed by atoms with Crippen molar-refractivity contribution in [1.82, 2.24) is 5.32 Å². The zero-order chi connectivity index (χ0) is 13.4. The maximum Gasteiger partial charge on any atom is 0.172 e. The zero-order valence-corrected chi connectivity index (χ0v) is 12.6. The predicted molar refractivity (Wildman–Crippen MR) is 80.2 cm³/mol. The third kappa shape index (κ3) is 4.81. The van der Waals surface area contributed by atoms with Crippen LogP contribution in [0.25, 0.3) is 0 Å². The van der Waals surface area contributed by atoms with Crippen LogP contribution in [0.5, 0.6) is 11.5 Å². The number of methoxy groups -OCH3 is 1. The molecule has 1 aromatic carbocycles. The van der Waals surface area contributed by atoms with Crippen LogP contribution in [0, 0.1) is 12.3 Å². The van der Waals surface area contributed by atoms with Crippen molar-refractivity contribution in [2.45, 2.75) is 6.54 Å². The molecule has 18 heavy (non-hydrogen) atoms. The number of nitrogens with one attached hydrogen (secondary N) is 1. The number of phenols is 1. The van der Waals surface area contributed by atoms with Gasteiger partial charge in [-0.05, 0) is 33.6 Å². The first-order valence-corrected chi connectivity index (χ1v) is 7.41. The SMILES string of the molecule is C#CCSCCNCc1cc(Br)c(O)c(OC)c1. The van der Waals surface area contributed by atoms with Crippen molar-refractivity contribution >= 4 is 27.7 Å². The van der Waals surface area contributed by atoms with Crippen molar-refractivity contribution in [2.75, 3.05) is 25.2 Å². The normalized spacial score (nSPS) is 10.1. The first-order valence-electron chi connectivity index (χ1n) is 5.46. The fourth-order valence-electron chi connectivity index (χ4n) is 1.39. The van der Waals surface area contributed by atoms with Crippen LogP contribution in [-0.4, -0.2) is 30.3 Å². The summed E-state index contributed by atoms with van der Waals surface area (Å²) in [7, 11) is 1.54. The second-order valence-electron chi connectivity index (χ2n) is 3.56. The zero-order valence-electron chi connectivity index (χ0n) is 10.2. The molecule has 1 aromatic rings. The van der Waals surface area contributed by atoms with E-state index in [2.05, 4.69) is 27.2 Å². The molecule has 0 spiro atoms. The molecule has 0 aliphatic heterocycles. The first-order chi connectivity index (χ1) is 8.69. The van der Waals surface area contributed by atoms with Gasteiger partial charge in [0.1, 0.15) is 0 Å². The summed E-state index contributed by atoms with van der Waals surface area (Å²) in [6.45, 7) is 1.62. The smallest absolute Gasteiger partial charge is 0.172 e. The lowest BCUT2D eigenvalue weighted by atomic mass is 10.2. The Bertz CT molecular complexity index is 432. The topological polar surface area (TPSA) is 41.5 Å². The molecule has 0 saturated carbocycles. The van der Waals surface area contributed by atoms with E-state index in [0.29, 0.717) is 10.2 Å². The highest BCUT2D eigenvalue weighted by Crippen LogP contribution is 2.35. The fraction of sp³-hybridized carbons (Fsp3) is 0.385. The van der Waals surface area contributed by atoms with E-state index >= 15 is 0 Å². The van der Waals surface area contributed by atoms with E-state index in [9.17, 15) is 5.11 Å². The average Bonchev–Trinajstić information content (AvgIpc) is 2.37. The van der Waals surface area contributed by atoms with Gasteiger partial charge in [-0.1, -0.05) is 5.92 Å². The monoisotopic (exact) mass is 329 g/mol. The number of hydrogen-bond acceptors (Lipinski definition) is 4. The van der Waals surface area contributed by atoms with Gasteiger partial charge in [0, 0.05) is 18.8 Å². The molecule has 1 rings (SSSR count). The van der Waals surface area contributed by atoms with Crippen LogP contribution in [0.15, 0.2) is 16.6 Å². The number of benzene rings is 1. The van der Waals surface area contributed by atoms with Gasteiger partial charge in [0.15, 0.2) is 11.5 Å². The minimum absolute atomic E-state index is 0.130. The van der Waals surface area contributed by atoms with Gasteiger partial charge >= 0.3 is 0 Å². The summed E-state index contributed by atoms with van der Waals surface area (Å²) in [5.74, 6) is 4.93. The van der Waals surface area contributed by atoms with Gasteiger partial charge in [-0.3, -0.25) is 0 Å². The Hall–Kier alpha value is -0.830. The molecule has 0 heterocycles. The number of aromatic hydroxyl groups is 1. The summed E-state index contributed by atoms with van der Waals surface area (Å²) in [6, 6.07) is 3.70. The second kappa shape index (κ2) is 8.30. The van der Waals surface area contributed by atoms with Crippen LogP contribution in [0.3, 0.4) is 0 Å². The van der Waals surface area contributed by atoms with E-state index in [-0.39, 0.29) is 5.75 Å². The fourth-order valence-corrected chi connectivity index (χ4v) is 2.43. The molecule has 0 radical (unpaired) electrons. The summed E-state index contributed by atoms with van der Waals surface area (Å²) in [4.78, 5) is 0. The van der Waals surface area contributed by atoms with Gasteiger partial charge in [0.05, 0.1) is 17.3 Å². The quantitative estimate of drug-likeness (QED) is 0.596. The highest BCUT2D eigenvalue weighted by molar-refractivity contribution is 9.10. The predicted octanol–water partition coefficient (Wildman–Crippen LogP) is 2.62. The average molecular weight is 330 g/mol. The molecule has 0 aliphatic carbocycles. The summed E-state index contributed by atoms with van der Waals surface area (Å²) < 4.78 is 5.73. The molecule has 0 saturated heterocycles. The first kappa shape index (κ1) is 15.2. The van der Waals surface area contributed by atoms with Gasteiger partial charge in [-0.2, -0.15) is 0 Å². The molecule has 0 bridgehead atoms. The summed E-state index contributed by atoms with van der Waals surface area (Å²) >= 11 is 5.03. The van der Waals surface area contributed by atoms with Gasteiger partial charge < -0.3 is 15.2 Å². The number of phenolic OH excluding ortho intramolecular Hbond substituents is 1.